The molecule has 0 aliphatic rings. The molecule has 0 aromatic heterocycles. The molecule has 0 spiro atoms. The highest BCUT2D eigenvalue weighted by atomic mass is 35.5. The van der Waals surface area contributed by atoms with Gasteiger partial charge in [-0.2, -0.15) is 0 Å². The standard InChI is InChI=1S/C11H23NO2.ClH/c1-7-11(6,14-9(2)13)8-12-10(3,4)5;/h12H,7-8H2,1-6H3;1H. The smallest absolute Gasteiger partial charge is 0.303 e. The maximum absolute atomic E-state index is 10.9. The Morgan fingerprint density at radius 3 is 2.00 bits per heavy atom. The average molecular weight is 238 g/mol. The van der Waals surface area contributed by atoms with Crippen molar-refractivity contribution in [2.45, 2.75) is 59.1 Å². The molecule has 4 heteroatoms. The van der Waals surface area contributed by atoms with Crippen LogP contribution in [0.3, 0.4) is 0 Å². The summed E-state index contributed by atoms with van der Waals surface area (Å²) in [5, 5.41) is 3.34. The predicted octanol–water partition coefficient (Wildman–Crippen LogP) is 2.53. The molecule has 1 unspecified atom stereocenters. The Labute approximate surface area is 99.4 Å². The number of hydrogen-bond donors (Lipinski definition) is 1. The summed E-state index contributed by atoms with van der Waals surface area (Å²) < 4.78 is 5.28. The van der Waals surface area contributed by atoms with Gasteiger partial charge in [0, 0.05) is 19.0 Å². The van der Waals surface area contributed by atoms with Crippen molar-refractivity contribution < 1.29 is 9.53 Å². The van der Waals surface area contributed by atoms with E-state index in [1.807, 2.05) is 13.8 Å². The number of ether oxygens (including phenoxy) is 1. The molecule has 0 amide bonds. The van der Waals surface area contributed by atoms with Crippen LogP contribution in [0.1, 0.15) is 48.0 Å². The van der Waals surface area contributed by atoms with Gasteiger partial charge >= 0.3 is 5.97 Å². The molecule has 0 aliphatic heterocycles. The van der Waals surface area contributed by atoms with Crippen LogP contribution >= 0.6 is 12.4 Å². The summed E-state index contributed by atoms with van der Waals surface area (Å²) in [6.07, 6.45) is 0.815. The summed E-state index contributed by atoms with van der Waals surface area (Å²) in [4.78, 5) is 10.9. The van der Waals surface area contributed by atoms with Gasteiger partial charge in [-0.25, -0.2) is 0 Å². The lowest BCUT2D eigenvalue weighted by Crippen LogP contribution is -2.47. The van der Waals surface area contributed by atoms with Gasteiger partial charge in [0.1, 0.15) is 5.60 Å². The highest BCUT2D eigenvalue weighted by Gasteiger charge is 2.26. The molecule has 0 saturated carbocycles. The second-order valence-electron chi connectivity index (χ2n) is 5.00. The molecule has 3 nitrogen and oxygen atoms in total. The first-order valence-corrected chi connectivity index (χ1v) is 5.13. The minimum Gasteiger partial charge on any atom is -0.458 e. The van der Waals surface area contributed by atoms with Crippen molar-refractivity contribution in [1.29, 1.82) is 0 Å². The molecule has 0 saturated heterocycles. The minimum absolute atomic E-state index is 0. The van der Waals surface area contributed by atoms with Gasteiger partial charge in [-0.15, -0.1) is 12.4 Å². The average Bonchev–Trinajstić information content (AvgIpc) is 1.99. The fourth-order valence-electron chi connectivity index (χ4n) is 1.03. The number of carbonyl (C=O) groups excluding carboxylic acids is 1. The van der Waals surface area contributed by atoms with Gasteiger partial charge in [0.05, 0.1) is 0 Å². The van der Waals surface area contributed by atoms with Gasteiger partial charge in [-0.3, -0.25) is 4.79 Å². The monoisotopic (exact) mass is 237 g/mol. The minimum atomic E-state index is -0.390. The Morgan fingerprint density at radius 1 is 1.27 bits per heavy atom. The van der Waals surface area contributed by atoms with Crippen LogP contribution in [0.25, 0.3) is 0 Å². The Morgan fingerprint density at radius 2 is 1.73 bits per heavy atom. The van der Waals surface area contributed by atoms with E-state index >= 15 is 0 Å². The third-order valence-corrected chi connectivity index (χ3v) is 2.13. The molecule has 0 aromatic rings. The Bertz CT molecular complexity index is 201. The van der Waals surface area contributed by atoms with Crippen LogP contribution in [0, 0.1) is 0 Å². The Hall–Kier alpha value is -0.280. The van der Waals surface area contributed by atoms with Crippen molar-refractivity contribution in [2.75, 3.05) is 6.54 Å². The fraction of sp³-hybridized carbons (Fsp3) is 0.909. The Balaban J connectivity index is 0. The Kier molecular flexibility index (Phi) is 7.23. The molecule has 0 rings (SSSR count). The van der Waals surface area contributed by atoms with Crippen molar-refractivity contribution in [1.82, 2.24) is 5.32 Å². The molecule has 1 atom stereocenters. The van der Waals surface area contributed by atoms with E-state index in [2.05, 4.69) is 26.1 Å². The molecule has 0 radical (unpaired) electrons. The summed E-state index contributed by atoms with van der Waals surface area (Å²) in [6, 6.07) is 0. The van der Waals surface area contributed by atoms with Crippen LogP contribution in [-0.2, 0) is 9.53 Å². The van der Waals surface area contributed by atoms with Crippen molar-refractivity contribution in [3.8, 4) is 0 Å². The molecule has 0 bridgehead atoms. The number of hydrogen-bond acceptors (Lipinski definition) is 3. The zero-order valence-corrected chi connectivity index (χ0v) is 11.5. The lowest BCUT2D eigenvalue weighted by molar-refractivity contribution is -0.155. The van der Waals surface area contributed by atoms with E-state index in [1.54, 1.807) is 0 Å². The molecule has 1 N–H and O–H groups in total. The number of rotatable bonds is 4. The molecule has 92 valence electrons. The molecular weight excluding hydrogens is 214 g/mol. The quantitative estimate of drug-likeness (QED) is 0.764. The summed E-state index contributed by atoms with van der Waals surface area (Å²) >= 11 is 0. The maximum Gasteiger partial charge on any atom is 0.303 e. The van der Waals surface area contributed by atoms with Crippen LogP contribution in [0.15, 0.2) is 0 Å². The summed E-state index contributed by atoms with van der Waals surface area (Å²) in [7, 11) is 0. The summed E-state index contributed by atoms with van der Waals surface area (Å²) in [6.45, 7) is 12.4. The van der Waals surface area contributed by atoms with E-state index < -0.39 is 0 Å². The normalized spacial score (nSPS) is 15.1. The van der Waals surface area contributed by atoms with Crippen molar-refractivity contribution in [3.05, 3.63) is 0 Å². The van der Waals surface area contributed by atoms with Gasteiger partial charge in [0.25, 0.3) is 0 Å². The van der Waals surface area contributed by atoms with Crippen molar-refractivity contribution in [3.63, 3.8) is 0 Å². The molecule has 15 heavy (non-hydrogen) atoms. The number of carbonyl (C=O) groups is 1. The molecule has 0 aliphatic carbocycles. The van der Waals surface area contributed by atoms with Gasteiger partial charge in [-0.05, 0) is 34.1 Å². The zero-order valence-electron chi connectivity index (χ0n) is 10.6. The SMILES string of the molecule is CCC(C)(CNC(C)(C)C)OC(C)=O.Cl. The summed E-state index contributed by atoms with van der Waals surface area (Å²) in [5.74, 6) is -0.218. The maximum atomic E-state index is 10.9. The van der Waals surface area contributed by atoms with Crippen molar-refractivity contribution >= 4 is 18.4 Å². The lowest BCUT2D eigenvalue weighted by atomic mass is 10.0. The third-order valence-electron chi connectivity index (χ3n) is 2.13. The van der Waals surface area contributed by atoms with E-state index in [0.717, 1.165) is 6.42 Å². The number of halogens is 1. The van der Waals surface area contributed by atoms with Gasteiger partial charge < -0.3 is 10.1 Å². The number of nitrogens with one attached hydrogen (secondary N) is 1. The molecule has 0 aromatic carbocycles. The van der Waals surface area contributed by atoms with Crippen molar-refractivity contribution in [2.24, 2.45) is 0 Å². The summed E-state index contributed by atoms with van der Waals surface area (Å²) in [5.41, 5.74) is -0.338. The van der Waals surface area contributed by atoms with Gasteiger partial charge in [0.2, 0.25) is 0 Å². The lowest BCUT2D eigenvalue weighted by Gasteiger charge is -2.32. The van der Waals surface area contributed by atoms with Crippen LogP contribution < -0.4 is 5.32 Å². The first-order valence-electron chi connectivity index (χ1n) is 5.13. The molecule has 0 heterocycles. The first kappa shape index (κ1) is 17.1. The third kappa shape index (κ3) is 8.70. The van der Waals surface area contributed by atoms with Crippen LogP contribution in [0.2, 0.25) is 0 Å². The van der Waals surface area contributed by atoms with Crippen LogP contribution in [-0.4, -0.2) is 23.7 Å². The topological polar surface area (TPSA) is 38.3 Å². The van der Waals surface area contributed by atoms with E-state index in [9.17, 15) is 4.79 Å². The number of esters is 1. The highest BCUT2D eigenvalue weighted by Crippen LogP contribution is 2.15. The van der Waals surface area contributed by atoms with Gasteiger partial charge in [0.15, 0.2) is 0 Å². The predicted molar refractivity (Wildman–Crippen MR) is 65.5 cm³/mol. The largest absolute Gasteiger partial charge is 0.458 e. The van der Waals surface area contributed by atoms with E-state index in [0.29, 0.717) is 6.54 Å². The second kappa shape index (κ2) is 6.33. The van der Waals surface area contributed by atoms with E-state index in [4.69, 9.17) is 4.74 Å². The molecule has 0 fully saturated rings. The molecular formula is C11H24ClNO2. The zero-order chi connectivity index (χ0) is 11.4. The first-order chi connectivity index (χ1) is 6.18. The van der Waals surface area contributed by atoms with Gasteiger partial charge in [-0.1, -0.05) is 6.92 Å². The van der Waals surface area contributed by atoms with E-state index in [-0.39, 0.29) is 29.5 Å². The van der Waals surface area contributed by atoms with Crippen LogP contribution in [0.5, 0.6) is 0 Å². The second-order valence-corrected chi connectivity index (χ2v) is 5.00. The fourth-order valence-corrected chi connectivity index (χ4v) is 1.03. The highest BCUT2D eigenvalue weighted by molar-refractivity contribution is 5.85. The van der Waals surface area contributed by atoms with Crippen LogP contribution in [0.4, 0.5) is 0 Å². The van der Waals surface area contributed by atoms with E-state index in [1.165, 1.54) is 6.92 Å².